The molecule has 0 unspecified atom stereocenters. The molecule has 0 fully saturated rings. The molecule has 6 aromatic carbocycles. The summed E-state index contributed by atoms with van der Waals surface area (Å²) in [5.41, 5.74) is 11.9. The number of methoxy groups -OCH3 is 2. The molecule has 4 nitrogen and oxygen atoms in total. The molecule has 4 bridgehead atoms. The van der Waals surface area contributed by atoms with Gasteiger partial charge in [0.1, 0.15) is 11.5 Å². The molecule has 6 aliphatic carbocycles. The van der Waals surface area contributed by atoms with E-state index in [2.05, 4.69) is 121 Å². The molecule has 6 aliphatic rings. The lowest BCUT2D eigenvalue weighted by molar-refractivity contribution is 0.00750. The fourth-order valence-electron chi connectivity index (χ4n) is 9.54. The van der Waals surface area contributed by atoms with Crippen molar-refractivity contribution in [2.75, 3.05) is 27.4 Å². The van der Waals surface area contributed by atoms with E-state index in [0.717, 1.165) is 22.6 Å². The van der Waals surface area contributed by atoms with Crippen LogP contribution in [0.25, 0.3) is 0 Å². The third-order valence-corrected chi connectivity index (χ3v) is 11.6. The SMILES string of the molecule is COc1ccc(COCC23c4ccccc4C(c4ccccc42)C2c4ccccc4C3(COCc3ccc(OC)cc3)c3ccccc32)cc1. The highest BCUT2D eigenvalue weighted by atomic mass is 16.5. The Morgan fingerprint density at radius 2 is 0.700 bits per heavy atom. The number of hydrogen-bond donors (Lipinski definition) is 0. The quantitative estimate of drug-likeness (QED) is 0.147. The summed E-state index contributed by atoms with van der Waals surface area (Å²) in [5, 5.41) is 0. The molecule has 50 heavy (non-hydrogen) atoms. The van der Waals surface area contributed by atoms with Gasteiger partial charge in [-0.05, 0) is 79.9 Å². The van der Waals surface area contributed by atoms with Gasteiger partial charge in [-0.2, -0.15) is 0 Å². The summed E-state index contributed by atoms with van der Waals surface area (Å²) in [6, 6.07) is 53.0. The first-order valence-electron chi connectivity index (χ1n) is 17.5. The van der Waals surface area contributed by atoms with Crippen LogP contribution in [0.3, 0.4) is 0 Å². The first-order valence-corrected chi connectivity index (χ1v) is 17.5. The summed E-state index contributed by atoms with van der Waals surface area (Å²) >= 11 is 0. The summed E-state index contributed by atoms with van der Waals surface area (Å²) < 4.78 is 25.0. The number of ether oxygens (including phenoxy) is 4. The first kappa shape index (κ1) is 30.9. The van der Waals surface area contributed by atoms with Crippen molar-refractivity contribution in [3.8, 4) is 11.5 Å². The van der Waals surface area contributed by atoms with E-state index in [9.17, 15) is 0 Å². The highest BCUT2D eigenvalue weighted by Crippen LogP contribution is 2.68. The van der Waals surface area contributed by atoms with Crippen molar-refractivity contribution in [2.24, 2.45) is 0 Å². The molecule has 0 N–H and O–H groups in total. The van der Waals surface area contributed by atoms with Crippen molar-refractivity contribution in [3.05, 3.63) is 201 Å². The lowest BCUT2D eigenvalue weighted by atomic mass is 9.41. The van der Waals surface area contributed by atoms with E-state index in [1.165, 1.54) is 44.5 Å². The van der Waals surface area contributed by atoms with Crippen LogP contribution in [0.1, 0.15) is 67.5 Å². The number of hydrogen-bond acceptors (Lipinski definition) is 4. The minimum atomic E-state index is -0.610. The van der Waals surface area contributed by atoms with Crippen molar-refractivity contribution in [1.82, 2.24) is 0 Å². The van der Waals surface area contributed by atoms with E-state index in [4.69, 9.17) is 18.9 Å². The molecule has 0 radical (unpaired) electrons. The third-order valence-electron chi connectivity index (χ3n) is 11.6. The van der Waals surface area contributed by atoms with Crippen LogP contribution in [0, 0.1) is 0 Å². The summed E-state index contributed by atoms with van der Waals surface area (Å²) in [6.45, 7) is 1.90. The minimum absolute atomic E-state index is 0.165. The zero-order chi connectivity index (χ0) is 33.7. The molecule has 6 aromatic rings. The molecule has 0 saturated heterocycles. The zero-order valence-corrected chi connectivity index (χ0v) is 28.5. The maximum Gasteiger partial charge on any atom is 0.118 e. The Labute approximate surface area is 294 Å². The Bertz CT molecular complexity index is 1920. The molecule has 0 aromatic heterocycles. The smallest absolute Gasteiger partial charge is 0.118 e. The van der Waals surface area contributed by atoms with Gasteiger partial charge in [-0.15, -0.1) is 0 Å². The van der Waals surface area contributed by atoms with Gasteiger partial charge in [-0.1, -0.05) is 121 Å². The van der Waals surface area contributed by atoms with E-state index < -0.39 is 10.8 Å². The molecular weight excluding hydrogens is 617 g/mol. The van der Waals surface area contributed by atoms with Crippen LogP contribution < -0.4 is 9.47 Å². The second-order valence-corrected chi connectivity index (χ2v) is 13.8. The Hall–Kier alpha value is -5.16. The second kappa shape index (κ2) is 12.3. The molecule has 0 heterocycles. The van der Waals surface area contributed by atoms with Crippen LogP contribution in [0.15, 0.2) is 146 Å². The van der Waals surface area contributed by atoms with Crippen LogP contribution in [0.5, 0.6) is 11.5 Å². The average Bonchev–Trinajstić information content (AvgIpc) is 3.17. The Kier molecular flexibility index (Phi) is 7.60. The maximum absolute atomic E-state index is 7.05. The summed E-state index contributed by atoms with van der Waals surface area (Å²) in [7, 11) is 3.40. The van der Waals surface area contributed by atoms with E-state index in [0.29, 0.717) is 26.4 Å². The fraction of sp³-hybridized carbons (Fsp3) is 0.217. The van der Waals surface area contributed by atoms with E-state index >= 15 is 0 Å². The molecule has 0 spiro atoms. The zero-order valence-electron chi connectivity index (χ0n) is 28.5. The lowest BCUT2D eigenvalue weighted by Crippen LogP contribution is -2.62. The monoisotopic (exact) mass is 656 g/mol. The Balaban J connectivity index is 1.29. The van der Waals surface area contributed by atoms with Crippen LogP contribution in [0.4, 0.5) is 0 Å². The predicted molar refractivity (Wildman–Crippen MR) is 196 cm³/mol. The van der Waals surface area contributed by atoms with Gasteiger partial charge >= 0.3 is 0 Å². The highest BCUT2D eigenvalue weighted by Gasteiger charge is 2.65. The van der Waals surface area contributed by atoms with E-state index in [-0.39, 0.29) is 11.8 Å². The standard InChI is InChI=1S/C46H40O4/c1-47-33-23-19-31(20-24-33)27-49-29-45-39-15-7-3-11-35(39)43(36-12-4-8-16-40(36)45)44-37-13-5-9-17-41(37)46(45,42-18-10-6-14-38(42)44)30-50-28-32-21-25-34(48-2)26-22-32/h3-26,43-44H,27-30H2,1-2H3. The molecule has 12 rings (SSSR count). The van der Waals surface area contributed by atoms with Crippen LogP contribution in [-0.2, 0) is 33.5 Å². The van der Waals surface area contributed by atoms with Gasteiger partial charge in [0.25, 0.3) is 0 Å². The van der Waals surface area contributed by atoms with Gasteiger partial charge in [-0.3, -0.25) is 0 Å². The molecule has 4 heteroatoms. The van der Waals surface area contributed by atoms with Crippen LogP contribution in [-0.4, -0.2) is 27.4 Å². The third kappa shape index (κ3) is 4.45. The lowest BCUT2D eigenvalue weighted by Gasteiger charge is -2.62. The summed E-state index contributed by atoms with van der Waals surface area (Å²) in [5.74, 6) is 2.01. The van der Waals surface area contributed by atoms with Crippen molar-refractivity contribution in [3.63, 3.8) is 0 Å². The van der Waals surface area contributed by atoms with Crippen molar-refractivity contribution in [2.45, 2.75) is 35.9 Å². The number of benzene rings is 6. The van der Waals surface area contributed by atoms with E-state index in [1.807, 2.05) is 24.3 Å². The van der Waals surface area contributed by atoms with Crippen molar-refractivity contribution < 1.29 is 18.9 Å². The summed E-state index contributed by atoms with van der Waals surface area (Å²) in [4.78, 5) is 0. The Morgan fingerprint density at radius 3 is 1.00 bits per heavy atom. The number of rotatable bonds is 10. The molecule has 0 saturated carbocycles. The van der Waals surface area contributed by atoms with Crippen LogP contribution >= 0.6 is 0 Å². The highest BCUT2D eigenvalue weighted by molar-refractivity contribution is 5.73. The second-order valence-electron chi connectivity index (χ2n) is 13.8. The van der Waals surface area contributed by atoms with Gasteiger partial charge in [0, 0.05) is 11.8 Å². The normalized spacial score (nSPS) is 22.0. The molecule has 0 atom stereocenters. The van der Waals surface area contributed by atoms with Gasteiger partial charge in [0.05, 0.1) is 51.5 Å². The molecule has 0 amide bonds. The average molecular weight is 657 g/mol. The fourth-order valence-corrected chi connectivity index (χ4v) is 9.54. The maximum atomic E-state index is 7.05. The van der Waals surface area contributed by atoms with Gasteiger partial charge in [0.15, 0.2) is 0 Å². The van der Waals surface area contributed by atoms with Crippen molar-refractivity contribution >= 4 is 0 Å². The van der Waals surface area contributed by atoms with E-state index in [1.54, 1.807) is 14.2 Å². The summed E-state index contributed by atoms with van der Waals surface area (Å²) in [6.07, 6.45) is 0. The topological polar surface area (TPSA) is 36.9 Å². The minimum Gasteiger partial charge on any atom is -0.497 e. The van der Waals surface area contributed by atoms with Gasteiger partial charge < -0.3 is 18.9 Å². The van der Waals surface area contributed by atoms with Crippen LogP contribution in [0.2, 0.25) is 0 Å². The Morgan fingerprint density at radius 1 is 0.400 bits per heavy atom. The molecular formula is C46H40O4. The molecule has 0 aliphatic heterocycles. The largest absolute Gasteiger partial charge is 0.497 e. The van der Waals surface area contributed by atoms with Crippen molar-refractivity contribution in [1.29, 1.82) is 0 Å². The van der Waals surface area contributed by atoms with Gasteiger partial charge in [-0.25, -0.2) is 0 Å². The first-order chi connectivity index (χ1) is 24.7. The van der Waals surface area contributed by atoms with Gasteiger partial charge in [0.2, 0.25) is 0 Å². The molecule has 248 valence electrons. The predicted octanol–water partition coefficient (Wildman–Crippen LogP) is 9.31.